The number of nitrogens with zero attached hydrogens (tertiary/aromatic N) is 2. The summed E-state index contributed by atoms with van der Waals surface area (Å²) in [7, 11) is 2.18. The number of likely N-dealkylation sites (N-methyl/N-ethyl adjacent to an activating group) is 1. The summed E-state index contributed by atoms with van der Waals surface area (Å²) in [5.41, 5.74) is 5.05. The minimum absolute atomic E-state index is 0.345. The Bertz CT molecular complexity index is 337. The first kappa shape index (κ1) is 14.8. The van der Waals surface area contributed by atoms with E-state index >= 15 is 0 Å². The molecular weight excluding hydrogens is 242 g/mol. The molecule has 0 bridgehead atoms. The predicted molar refractivity (Wildman–Crippen MR) is 75.1 cm³/mol. The van der Waals surface area contributed by atoms with Gasteiger partial charge in [-0.05, 0) is 39.2 Å². The molecule has 0 aromatic carbocycles. The van der Waals surface area contributed by atoms with E-state index in [9.17, 15) is 9.90 Å². The van der Waals surface area contributed by atoms with E-state index in [0.717, 1.165) is 38.9 Å². The molecule has 1 saturated carbocycles. The van der Waals surface area contributed by atoms with Crippen molar-refractivity contribution < 1.29 is 9.90 Å². The summed E-state index contributed by atoms with van der Waals surface area (Å²) >= 11 is 0. The van der Waals surface area contributed by atoms with Gasteiger partial charge in [-0.2, -0.15) is 0 Å². The second-order valence-electron chi connectivity index (χ2n) is 6.25. The van der Waals surface area contributed by atoms with Crippen molar-refractivity contribution in [1.29, 1.82) is 0 Å². The van der Waals surface area contributed by atoms with Gasteiger partial charge in [-0.15, -0.1) is 0 Å². The Morgan fingerprint density at radius 2 is 2.21 bits per heavy atom. The van der Waals surface area contributed by atoms with E-state index in [1.807, 2.05) is 0 Å². The first-order chi connectivity index (χ1) is 8.96. The van der Waals surface area contributed by atoms with Crippen LogP contribution in [0.15, 0.2) is 0 Å². The topological polar surface area (TPSA) is 69.8 Å². The molecule has 19 heavy (non-hydrogen) atoms. The maximum Gasteiger partial charge on any atom is 0.323 e. The summed E-state index contributed by atoms with van der Waals surface area (Å²) in [4.78, 5) is 16.2. The zero-order valence-electron chi connectivity index (χ0n) is 12.1. The van der Waals surface area contributed by atoms with Crippen LogP contribution >= 0.6 is 0 Å². The zero-order chi connectivity index (χ0) is 14.0. The predicted octanol–water partition coefficient (Wildman–Crippen LogP) is 0.737. The Hall–Kier alpha value is -0.650. The van der Waals surface area contributed by atoms with Gasteiger partial charge >= 0.3 is 5.97 Å². The van der Waals surface area contributed by atoms with Gasteiger partial charge < -0.3 is 15.7 Å². The molecule has 3 unspecified atom stereocenters. The molecule has 1 aliphatic carbocycles. The van der Waals surface area contributed by atoms with Crippen LogP contribution in [0.5, 0.6) is 0 Å². The molecule has 5 nitrogen and oxygen atoms in total. The highest BCUT2D eigenvalue weighted by molar-refractivity contribution is 5.78. The summed E-state index contributed by atoms with van der Waals surface area (Å²) in [6, 6.07) is 0.935. The minimum atomic E-state index is -1.01. The van der Waals surface area contributed by atoms with Crippen LogP contribution in [0.1, 0.15) is 39.0 Å². The number of carboxylic acids is 1. The largest absolute Gasteiger partial charge is 0.480 e. The SMILES string of the molecule is CCC1CN(C2CCCC(N)(C(=O)O)C2)CCN1C. The van der Waals surface area contributed by atoms with Crippen molar-refractivity contribution in [2.45, 2.75) is 56.7 Å². The van der Waals surface area contributed by atoms with E-state index in [1.165, 1.54) is 0 Å². The fourth-order valence-corrected chi connectivity index (χ4v) is 3.53. The van der Waals surface area contributed by atoms with Crippen LogP contribution < -0.4 is 5.73 Å². The Balaban J connectivity index is 2.00. The lowest BCUT2D eigenvalue weighted by molar-refractivity contribution is -0.145. The smallest absolute Gasteiger partial charge is 0.323 e. The number of hydrogen-bond acceptors (Lipinski definition) is 4. The second kappa shape index (κ2) is 5.77. The maximum absolute atomic E-state index is 11.3. The highest BCUT2D eigenvalue weighted by Crippen LogP contribution is 2.31. The van der Waals surface area contributed by atoms with Crippen LogP contribution in [0.2, 0.25) is 0 Å². The molecular formula is C14H27N3O2. The van der Waals surface area contributed by atoms with Crippen LogP contribution in [0.3, 0.4) is 0 Å². The van der Waals surface area contributed by atoms with Gasteiger partial charge in [-0.3, -0.25) is 9.69 Å². The molecule has 0 aromatic rings. The summed E-state index contributed by atoms with van der Waals surface area (Å²) < 4.78 is 0. The number of carboxylic acid groups (broad SMARTS) is 1. The lowest BCUT2D eigenvalue weighted by Gasteiger charge is -2.46. The van der Waals surface area contributed by atoms with Crippen molar-refractivity contribution in [3.8, 4) is 0 Å². The molecule has 3 N–H and O–H groups in total. The number of hydrogen-bond donors (Lipinski definition) is 2. The van der Waals surface area contributed by atoms with Crippen LogP contribution in [0, 0.1) is 0 Å². The van der Waals surface area contributed by atoms with Gasteiger partial charge in [0.1, 0.15) is 5.54 Å². The third kappa shape index (κ3) is 3.09. The van der Waals surface area contributed by atoms with Crippen molar-refractivity contribution in [3.63, 3.8) is 0 Å². The fourth-order valence-electron chi connectivity index (χ4n) is 3.53. The fraction of sp³-hybridized carbons (Fsp3) is 0.929. The molecule has 1 heterocycles. The Morgan fingerprint density at radius 3 is 2.84 bits per heavy atom. The molecule has 1 saturated heterocycles. The monoisotopic (exact) mass is 269 g/mol. The second-order valence-corrected chi connectivity index (χ2v) is 6.25. The molecule has 3 atom stereocenters. The van der Waals surface area contributed by atoms with E-state index in [2.05, 4.69) is 23.8 Å². The quantitative estimate of drug-likeness (QED) is 0.791. The minimum Gasteiger partial charge on any atom is -0.480 e. The summed E-state index contributed by atoms with van der Waals surface area (Å²) in [5, 5.41) is 9.30. The van der Waals surface area contributed by atoms with Gasteiger partial charge in [0.25, 0.3) is 0 Å². The highest BCUT2D eigenvalue weighted by atomic mass is 16.4. The Kier molecular flexibility index (Phi) is 4.48. The molecule has 0 amide bonds. The van der Waals surface area contributed by atoms with E-state index < -0.39 is 11.5 Å². The average molecular weight is 269 g/mol. The molecule has 0 radical (unpaired) electrons. The van der Waals surface area contributed by atoms with E-state index in [1.54, 1.807) is 0 Å². The van der Waals surface area contributed by atoms with Crippen molar-refractivity contribution in [2.75, 3.05) is 26.7 Å². The van der Waals surface area contributed by atoms with Crippen molar-refractivity contribution in [1.82, 2.24) is 9.80 Å². The average Bonchev–Trinajstić information content (AvgIpc) is 2.39. The van der Waals surface area contributed by atoms with Crippen molar-refractivity contribution >= 4 is 5.97 Å². The van der Waals surface area contributed by atoms with Gasteiger partial charge in [0.2, 0.25) is 0 Å². The molecule has 0 spiro atoms. The maximum atomic E-state index is 11.3. The normalized spacial score (nSPS) is 38.3. The number of rotatable bonds is 3. The summed E-state index contributed by atoms with van der Waals surface area (Å²) in [5.74, 6) is -0.835. The van der Waals surface area contributed by atoms with Crippen LogP contribution in [-0.2, 0) is 4.79 Å². The number of carbonyl (C=O) groups is 1. The summed E-state index contributed by atoms with van der Waals surface area (Å²) in [6.45, 7) is 5.37. The molecule has 2 fully saturated rings. The number of piperazine rings is 1. The van der Waals surface area contributed by atoms with Crippen LogP contribution in [0.25, 0.3) is 0 Å². The Labute approximate surface area is 115 Å². The molecule has 5 heteroatoms. The van der Waals surface area contributed by atoms with Crippen LogP contribution in [-0.4, -0.2) is 65.2 Å². The van der Waals surface area contributed by atoms with E-state index in [4.69, 9.17) is 5.73 Å². The third-order valence-corrected chi connectivity index (χ3v) is 4.98. The molecule has 2 aliphatic rings. The summed E-state index contributed by atoms with van der Waals surface area (Å²) in [6.07, 6.45) is 4.38. The highest BCUT2D eigenvalue weighted by Gasteiger charge is 2.42. The molecule has 0 aromatic heterocycles. The first-order valence-electron chi connectivity index (χ1n) is 7.43. The lowest BCUT2D eigenvalue weighted by atomic mass is 9.79. The van der Waals surface area contributed by atoms with Gasteiger partial charge in [-0.1, -0.05) is 6.92 Å². The van der Waals surface area contributed by atoms with E-state index in [-0.39, 0.29) is 0 Å². The molecule has 1 aliphatic heterocycles. The van der Waals surface area contributed by atoms with Crippen LogP contribution in [0.4, 0.5) is 0 Å². The van der Waals surface area contributed by atoms with Gasteiger partial charge in [0.15, 0.2) is 0 Å². The van der Waals surface area contributed by atoms with Crippen molar-refractivity contribution in [3.05, 3.63) is 0 Å². The van der Waals surface area contributed by atoms with Crippen molar-refractivity contribution in [2.24, 2.45) is 5.73 Å². The Morgan fingerprint density at radius 1 is 1.47 bits per heavy atom. The molecule has 110 valence electrons. The third-order valence-electron chi connectivity index (χ3n) is 4.98. The van der Waals surface area contributed by atoms with Gasteiger partial charge in [0, 0.05) is 31.7 Å². The van der Waals surface area contributed by atoms with Gasteiger partial charge in [0.05, 0.1) is 0 Å². The molecule has 2 rings (SSSR count). The number of nitrogens with two attached hydrogens (primary N) is 1. The van der Waals surface area contributed by atoms with Gasteiger partial charge in [-0.25, -0.2) is 0 Å². The zero-order valence-corrected chi connectivity index (χ0v) is 12.1. The first-order valence-corrected chi connectivity index (χ1v) is 7.43. The standard InChI is InChI=1S/C14H27N3O2/c1-3-11-10-17(8-7-16(11)2)12-5-4-6-14(15,9-12)13(18)19/h11-12H,3-10,15H2,1-2H3,(H,18,19). The van der Waals surface area contributed by atoms with E-state index in [0.29, 0.717) is 24.9 Å². The lowest BCUT2D eigenvalue weighted by Crippen LogP contribution is -2.60. The number of aliphatic carboxylic acids is 1.